The minimum atomic E-state index is -1.82. The molecule has 4 nitrogen and oxygen atoms in total. The first-order chi connectivity index (χ1) is 14.9. The van der Waals surface area contributed by atoms with Crippen molar-refractivity contribution in [3.8, 4) is 0 Å². The van der Waals surface area contributed by atoms with Gasteiger partial charge in [0, 0.05) is 43.4 Å². The van der Waals surface area contributed by atoms with Crippen LogP contribution in [0.5, 0.6) is 0 Å². The van der Waals surface area contributed by atoms with Crippen LogP contribution in [-0.4, -0.2) is 33.9 Å². The number of benzene rings is 1. The van der Waals surface area contributed by atoms with Gasteiger partial charge in [-0.2, -0.15) is 0 Å². The summed E-state index contributed by atoms with van der Waals surface area (Å²) in [6.07, 6.45) is 3.83. The fourth-order valence-electron chi connectivity index (χ4n) is 4.19. The summed E-state index contributed by atoms with van der Waals surface area (Å²) in [4.78, 5) is 21.5. The highest BCUT2D eigenvalue weighted by Crippen LogP contribution is 2.42. The van der Waals surface area contributed by atoms with Gasteiger partial charge in [0.1, 0.15) is 5.82 Å². The number of carbonyl (C=O) groups is 1. The van der Waals surface area contributed by atoms with Gasteiger partial charge < -0.3 is 9.88 Å². The largest absolute Gasteiger partial charge is 0.362 e. The summed E-state index contributed by atoms with van der Waals surface area (Å²) >= 11 is 12.0. The maximum absolute atomic E-state index is 16.5. The molecule has 0 radical (unpaired) electrons. The summed E-state index contributed by atoms with van der Waals surface area (Å²) in [7, 11) is 0. The molecule has 1 N–H and O–H groups in total. The number of nitrogens with zero attached hydrogens (tertiary/aromatic N) is 2. The number of amides is 1. The van der Waals surface area contributed by atoms with Crippen molar-refractivity contribution in [2.24, 2.45) is 5.92 Å². The number of hydrogen-bond donors (Lipinski definition) is 1. The molecule has 1 aromatic carbocycles. The Labute approximate surface area is 189 Å². The van der Waals surface area contributed by atoms with E-state index in [2.05, 4.69) is 9.97 Å². The third-order valence-electron chi connectivity index (χ3n) is 5.90. The van der Waals surface area contributed by atoms with Gasteiger partial charge in [-0.15, -0.1) is 0 Å². The Bertz CT molecular complexity index is 1070. The number of hydrogen-bond acceptors (Lipinski definition) is 2. The zero-order valence-corrected chi connectivity index (χ0v) is 18.1. The molecular formula is C23H21Cl2F2N3O. The molecule has 1 atom stereocenters. The normalized spacial score (nSPS) is 16.8. The van der Waals surface area contributed by atoms with Crippen LogP contribution in [0.15, 0.2) is 54.9 Å². The second-order valence-electron chi connectivity index (χ2n) is 7.75. The zero-order chi connectivity index (χ0) is 22.0. The summed E-state index contributed by atoms with van der Waals surface area (Å²) < 4.78 is 30.7. The lowest BCUT2D eigenvalue weighted by molar-refractivity contribution is 0.0233. The average molecular weight is 464 g/mol. The van der Waals surface area contributed by atoms with E-state index in [1.165, 1.54) is 18.3 Å². The number of aromatic nitrogens is 2. The number of piperidine rings is 1. The SMILES string of the molecule is O=C(c1ccc(Cl)c(Cl)c1)N1CCC(C(F)(Cc2ncccc2F)c2ccc[nH]2)CC1. The third kappa shape index (κ3) is 4.46. The third-order valence-corrected chi connectivity index (χ3v) is 6.64. The van der Waals surface area contributed by atoms with Gasteiger partial charge in [-0.05, 0) is 55.3 Å². The highest BCUT2D eigenvalue weighted by atomic mass is 35.5. The first kappa shape index (κ1) is 21.8. The number of carbonyl (C=O) groups excluding carboxylic acids is 1. The van der Waals surface area contributed by atoms with E-state index in [1.807, 2.05) is 0 Å². The van der Waals surface area contributed by atoms with Gasteiger partial charge in [0.2, 0.25) is 0 Å². The summed E-state index contributed by atoms with van der Waals surface area (Å²) in [5, 5.41) is 0.696. The Morgan fingerprint density at radius 2 is 1.94 bits per heavy atom. The van der Waals surface area contributed by atoms with Crippen LogP contribution in [0.4, 0.5) is 8.78 Å². The average Bonchev–Trinajstić information content (AvgIpc) is 3.32. The molecular weight excluding hydrogens is 443 g/mol. The number of rotatable bonds is 5. The Morgan fingerprint density at radius 1 is 1.16 bits per heavy atom. The molecule has 1 saturated heterocycles. The number of alkyl halides is 1. The van der Waals surface area contributed by atoms with E-state index in [4.69, 9.17) is 23.2 Å². The van der Waals surface area contributed by atoms with Gasteiger partial charge >= 0.3 is 0 Å². The number of aromatic amines is 1. The summed E-state index contributed by atoms with van der Waals surface area (Å²) in [5.41, 5.74) is -0.891. The van der Waals surface area contributed by atoms with Crippen LogP contribution in [0.3, 0.4) is 0 Å². The lowest BCUT2D eigenvalue weighted by Gasteiger charge is -2.39. The van der Waals surface area contributed by atoms with E-state index in [0.717, 1.165) is 0 Å². The Balaban J connectivity index is 1.52. The molecule has 2 aromatic heterocycles. The monoisotopic (exact) mass is 463 g/mol. The standard InChI is InChI=1S/C23H21Cl2F2N3O/c24-17-6-5-15(13-18(17)25)22(31)30-11-7-16(8-12-30)23(27,21-4-2-10-29-21)14-20-19(26)3-1-9-28-20/h1-6,9-10,13,16,29H,7-8,11-12,14H2. The van der Waals surface area contributed by atoms with Gasteiger partial charge in [0.05, 0.1) is 21.4 Å². The highest BCUT2D eigenvalue weighted by molar-refractivity contribution is 6.42. The number of nitrogens with one attached hydrogen (secondary N) is 1. The van der Waals surface area contributed by atoms with E-state index >= 15 is 4.39 Å². The second-order valence-corrected chi connectivity index (χ2v) is 8.56. The van der Waals surface area contributed by atoms with E-state index in [0.29, 0.717) is 47.2 Å². The van der Waals surface area contributed by atoms with Crippen LogP contribution in [-0.2, 0) is 12.1 Å². The summed E-state index contributed by atoms with van der Waals surface area (Å²) in [6, 6.07) is 10.9. The van der Waals surface area contributed by atoms with Gasteiger partial charge in [0.15, 0.2) is 5.67 Å². The number of halogens is 4. The molecule has 0 aliphatic carbocycles. The molecule has 1 aliphatic rings. The van der Waals surface area contributed by atoms with E-state index in [-0.39, 0.29) is 18.0 Å². The maximum Gasteiger partial charge on any atom is 0.253 e. The van der Waals surface area contributed by atoms with E-state index in [9.17, 15) is 9.18 Å². The van der Waals surface area contributed by atoms with Crippen molar-refractivity contribution in [1.82, 2.24) is 14.9 Å². The van der Waals surface area contributed by atoms with E-state index < -0.39 is 17.4 Å². The minimum absolute atomic E-state index is 0.0916. The highest BCUT2D eigenvalue weighted by Gasteiger charge is 2.44. The van der Waals surface area contributed by atoms with Crippen molar-refractivity contribution in [3.63, 3.8) is 0 Å². The Hall–Kier alpha value is -2.44. The minimum Gasteiger partial charge on any atom is -0.362 e. The molecule has 8 heteroatoms. The lowest BCUT2D eigenvalue weighted by atomic mass is 9.77. The molecule has 0 bridgehead atoms. The molecule has 1 amide bonds. The fourth-order valence-corrected chi connectivity index (χ4v) is 4.49. The predicted molar refractivity (Wildman–Crippen MR) is 117 cm³/mol. The van der Waals surface area contributed by atoms with E-state index in [1.54, 1.807) is 41.4 Å². The van der Waals surface area contributed by atoms with Crippen LogP contribution < -0.4 is 0 Å². The van der Waals surface area contributed by atoms with Gasteiger partial charge in [0.25, 0.3) is 5.91 Å². The van der Waals surface area contributed by atoms with Gasteiger partial charge in [-0.1, -0.05) is 23.2 Å². The molecule has 1 unspecified atom stereocenters. The van der Waals surface area contributed by atoms with Crippen LogP contribution in [0, 0.1) is 11.7 Å². The molecule has 0 saturated carbocycles. The quantitative estimate of drug-likeness (QED) is 0.518. The van der Waals surface area contributed by atoms with Crippen molar-refractivity contribution in [3.05, 3.63) is 87.7 Å². The lowest BCUT2D eigenvalue weighted by Crippen LogP contribution is -2.45. The van der Waals surface area contributed by atoms with Crippen molar-refractivity contribution in [2.75, 3.05) is 13.1 Å². The molecule has 162 valence electrons. The predicted octanol–water partition coefficient (Wildman–Crippen LogP) is 5.82. The number of H-pyrrole nitrogens is 1. The molecule has 1 fully saturated rings. The number of likely N-dealkylation sites (tertiary alicyclic amines) is 1. The summed E-state index contributed by atoms with van der Waals surface area (Å²) in [5.74, 6) is -1.09. The second kappa shape index (κ2) is 8.97. The van der Waals surface area contributed by atoms with Crippen LogP contribution in [0.25, 0.3) is 0 Å². The van der Waals surface area contributed by atoms with Gasteiger partial charge in [-0.25, -0.2) is 8.78 Å². The smallest absolute Gasteiger partial charge is 0.253 e. The van der Waals surface area contributed by atoms with Crippen molar-refractivity contribution in [2.45, 2.75) is 24.9 Å². The molecule has 1 aliphatic heterocycles. The molecule has 3 heterocycles. The fraction of sp³-hybridized carbons (Fsp3) is 0.304. The Kier molecular flexibility index (Phi) is 6.30. The maximum atomic E-state index is 16.5. The molecule has 3 aromatic rings. The van der Waals surface area contributed by atoms with Crippen LogP contribution in [0.2, 0.25) is 10.0 Å². The number of pyridine rings is 1. The topological polar surface area (TPSA) is 49.0 Å². The Morgan fingerprint density at radius 3 is 2.58 bits per heavy atom. The molecule has 0 spiro atoms. The summed E-state index contributed by atoms with van der Waals surface area (Å²) in [6.45, 7) is 0.779. The molecule has 4 rings (SSSR count). The van der Waals surface area contributed by atoms with Crippen molar-refractivity contribution in [1.29, 1.82) is 0 Å². The zero-order valence-electron chi connectivity index (χ0n) is 16.6. The van der Waals surface area contributed by atoms with Crippen molar-refractivity contribution < 1.29 is 13.6 Å². The first-order valence-electron chi connectivity index (χ1n) is 10.0. The van der Waals surface area contributed by atoms with Crippen LogP contribution in [0.1, 0.15) is 34.6 Å². The first-order valence-corrected chi connectivity index (χ1v) is 10.8. The molecule has 31 heavy (non-hydrogen) atoms. The van der Waals surface area contributed by atoms with Gasteiger partial charge in [-0.3, -0.25) is 9.78 Å². The van der Waals surface area contributed by atoms with Crippen molar-refractivity contribution >= 4 is 29.1 Å². The van der Waals surface area contributed by atoms with Crippen LogP contribution >= 0.6 is 23.2 Å².